The first-order chi connectivity index (χ1) is 5.27. The zero-order valence-corrected chi connectivity index (χ0v) is 6.12. The largest absolute Gasteiger partial charge is 0.458 e. The topological polar surface area (TPSA) is 12.2 Å². The molecule has 0 saturated carbocycles. The van der Waals surface area contributed by atoms with Crippen LogP contribution in [0, 0.1) is 0 Å². The van der Waals surface area contributed by atoms with Gasteiger partial charge in [0.25, 0.3) is 0 Å². The van der Waals surface area contributed by atoms with E-state index in [-0.39, 0.29) is 0 Å². The van der Waals surface area contributed by atoms with Crippen LogP contribution in [0.15, 0.2) is 36.0 Å². The fourth-order valence-corrected chi connectivity index (χ4v) is 1.00. The third kappa shape index (κ3) is 1.13. The Morgan fingerprint density at radius 2 is 2.45 bits per heavy atom. The van der Waals surface area contributed by atoms with E-state index in [4.69, 9.17) is 4.74 Å². The summed E-state index contributed by atoms with van der Waals surface area (Å²) in [5, 5.41) is 0. The number of rotatable bonds is 2. The molecule has 0 radical (unpaired) electrons. The molecular formula is C8H8FNO. The highest BCUT2D eigenvalue weighted by Crippen LogP contribution is 2.33. The molecule has 2 nitrogen and oxygen atoms in total. The van der Waals surface area contributed by atoms with Crippen LogP contribution in [0.2, 0.25) is 0 Å². The molecule has 0 amide bonds. The predicted molar refractivity (Wildman–Crippen MR) is 38.8 cm³/mol. The Hall–Kier alpha value is -1.25. The van der Waals surface area contributed by atoms with Crippen LogP contribution in [-0.2, 0) is 4.74 Å². The molecule has 11 heavy (non-hydrogen) atoms. The molecule has 58 valence electrons. The summed E-state index contributed by atoms with van der Waals surface area (Å²) in [5.74, 6) is 0.613. The molecule has 2 aliphatic heterocycles. The van der Waals surface area contributed by atoms with Crippen LogP contribution in [0.25, 0.3) is 0 Å². The quantitative estimate of drug-likeness (QED) is 0.600. The third-order valence-electron chi connectivity index (χ3n) is 1.51. The summed E-state index contributed by atoms with van der Waals surface area (Å²) in [6, 6.07) is 0. The molecule has 0 aliphatic carbocycles. The molecule has 1 unspecified atom stereocenters. The Morgan fingerprint density at radius 1 is 1.64 bits per heavy atom. The minimum Gasteiger partial charge on any atom is -0.458 e. The Kier molecular flexibility index (Phi) is 1.24. The van der Waals surface area contributed by atoms with Crippen molar-refractivity contribution in [2.45, 2.75) is 13.3 Å². The number of nitrogens with zero attached hydrogens (tertiary/aromatic N) is 1. The number of hydrogen-bond acceptors (Lipinski definition) is 2. The fraction of sp³-hybridized carbons (Fsp3) is 0.250. The van der Waals surface area contributed by atoms with Gasteiger partial charge in [0.2, 0.25) is 6.36 Å². The van der Waals surface area contributed by atoms with E-state index in [9.17, 15) is 4.39 Å². The molecule has 0 aromatic heterocycles. The average molecular weight is 153 g/mol. The summed E-state index contributed by atoms with van der Waals surface area (Å²) in [6.07, 6.45) is 6.12. The van der Waals surface area contributed by atoms with Crippen molar-refractivity contribution in [2.24, 2.45) is 0 Å². The van der Waals surface area contributed by atoms with Crippen LogP contribution in [0.1, 0.15) is 6.92 Å². The Balaban J connectivity index is 2.07. The number of hydrogen-bond donors (Lipinski definition) is 0. The molecule has 0 saturated heterocycles. The SMILES string of the molecule is CC(F)OC1=CC=CN2C=C12. The van der Waals surface area contributed by atoms with Crippen LogP contribution in [0.3, 0.4) is 0 Å². The van der Waals surface area contributed by atoms with Gasteiger partial charge in [0.05, 0.1) is 0 Å². The molecule has 0 aromatic rings. The summed E-state index contributed by atoms with van der Waals surface area (Å²) in [6.45, 7) is 1.37. The van der Waals surface area contributed by atoms with Crippen molar-refractivity contribution in [1.82, 2.24) is 4.90 Å². The van der Waals surface area contributed by atoms with Crippen LogP contribution in [-0.4, -0.2) is 11.3 Å². The second kappa shape index (κ2) is 2.12. The number of fused-ring (bicyclic) bond motifs is 1. The van der Waals surface area contributed by atoms with Gasteiger partial charge in [-0.2, -0.15) is 0 Å². The zero-order valence-electron chi connectivity index (χ0n) is 6.12. The Morgan fingerprint density at radius 3 is 3.18 bits per heavy atom. The Labute approximate surface area is 64.3 Å². The molecular weight excluding hydrogens is 145 g/mol. The van der Waals surface area contributed by atoms with Gasteiger partial charge in [-0.3, -0.25) is 0 Å². The van der Waals surface area contributed by atoms with Gasteiger partial charge in [-0.05, 0) is 12.2 Å². The highest BCUT2D eigenvalue weighted by atomic mass is 19.1. The smallest absolute Gasteiger partial charge is 0.235 e. The molecule has 0 aromatic carbocycles. The van der Waals surface area contributed by atoms with E-state index in [2.05, 4.69) is 0 Å². The molecule has 0 spiro atoms. The predicted octanol–water partition coefficient (Wildman–Crippen LogP) is 1.89. The number of alkyl halides is 1. The molecule has 1 atom stereocenters. The molecule has 2 rings (SSSR count). The van der Waals surface area contributed by atoms with Crippen molar-refractivity contribution in [3.63, 3.8) is 0 Å². The average Bonchev–Trinajstić information content (AvgIpc) is 2.65. The maximum Gasteiger partial charge on any atom is 0.235 e. The third-order valence-corrected chi connectivity index (χ3v) is 1.51. The van der Waals surface area contributed by atoms with Gasteiger partial charge in [0, 0.05) is 19.3 Å². The lowest BCUT2D eigenvalue weighted by molar-refractivity contribution is 0.0254. The van der Waals surface area contributed by atoms with E-state index in [0.717, 1.165) is 5.70 Å². The van der Waals surface area contributed by atoms with Gasteiger partial charge >= 0.3 is 0 Å². The summed E-state index contributed by atoms with van der Waals surface area (Å²) in [7, 11) is 0. The van der Waals surface area contributed by atoms with Crippen molar-refractivity contribution < 1.29 is 9.13 Å². The number of allylic oxidation sites excluding steroid dienone is 2. The minimum atomic E-state index is -1.24. The first-order valence-electron chi connectivity index (χ1n) is 3.47. The lowest BCUT2D eigenvalue weighted by Crippen LogP contribution is -2.04. The molecule has 0 N–H and O–H groups in total. The van der Waals surface area contributed by atoms with E-state index in [1.165, 1.54) is 6.92 Å². The standard InChI is InChI=1S/C8H8FNO/c1-6(9)11-8-3-2-4-10-5-7(8)10/h2-6H,1H3. The maximum absolute atomic E-state index is 12.3. The second-order valence-electron chi connectivity index (χ2n) is 2.45. The monoisotopic (exact) mass is 153 g/mol. The molecule has 0 fully saturated rings. The van der Waals surface area contributed by atoms with E-state index in [1.54, 1.807) is 6.08 Å². The molecule has 3 heteroatoms. The first-order valence-corrected chi connectivity index (χ1v) is 3.47. The second-order valence-corrected chi connectivity index (χ2v) is 2.45. The summed E-state index contributed by atoms with van der Waals surface area (Å²) < 4.78 is 17.2. The number of halogens is 1. The van der Waals surface area contributed by atoms with Crippen molar-refractivity contribution >= 4 is 0 Å². The maximum atomic E-state index is 12.3. The van der Waals surface area contributed by atoms with Crippen molar-refractivity contribution in [2.75, 3.05) is 0 Å². The van der Waals surface area contributed by atoms with Crippen molar-refractivity contribution in [3.05, 3.63) is 36.0 Å². The normalized spacial score (nSPS) is 21.8. The minimum absolute atomic E-state index is 0.613. The fourth-order valence-electron chi connectivity index (χ4n) is 1.00. The summed E-state index contributed by atoms with van der Waals surface area (Å²) in [4.78, 5) is 1.89. The molecule has 2 aliphatic rings. The highest BCUT2D eigenvalue weighted by Gasteiger charge is 2.26. The van der Waals surface area contributed by atoms with E-state index < -0.39 is 6.36 Å². The van der Waals surface area contributed by atoms with Gasteiger partial charge < -0.3 is 9.64 Å². The first kappa shape index (κ1) is 6.46. The van der Waals surface area contributed by atoms with Gasteiger partial charge in [-0.25, -0.2) is 4.39 Å². The highest BCUT2D eigenvalue weighted by molar-refractivity contribution is 5.44. The van der Waals surface area contributed by atoms with E-state index in [0.29, 0.717) is 5.76 Å². The van der Waals surface area contributed by atoms with E-state index >= 15 is 0 Å². The summed E-state index contributed by atoms with van der Waals surface area (Å²) in [5.41, 5.74) is 0.956. The van der Waals surface area contributed by atoms with Crippen LogP contribution in [0.5, 0.6) is 0 Å². The molecule has 2 heterocycles. The van der Waals surface area contributed by atoms with Crippen molar-refractivity contribution in [1.29, 1.82) is 0 Å². The van der Waals surface area contributed by atoms with Crippen LogP contribution >= 0.6 is 0 Å². The van der Waals surface area contributed by atoms with Gasteiger partial charge in [0.1, 0.15) is 11.5 Å². The molecule has 0 bridgehead atoms. The van der Waals surface area contributed by atoms with Crippen LogP contribution in [0.4, 0.5) is 4.39 Å². The van der Waals surface area contributed by atoms with Gasteiger partial charge in [0.15, 0.2) is 0 Å². The van der Waals surface area contributed by atoms with E-state index in [1.807, 2.05) is 23.4 Å². The Bertz CT molecular complexity index is 265. The van der Waals surface area contributed by atoms with Gasteiger partial charge in [-0.1, -0.05) is 0 Å². The van der Waals surface area contributed by atoms with Crippen LogP contribution < -0.4 is 0 Å². The lowest BCUT2D eigenvalue weighted by Gasteiger charge is -2.11. The van der Waals surface area contributed by atoms with Crippen molar-refractivity contribution in [3.8, 4) is 0 Å². The number of ether oxygens (including phenoxy) is 1. The zero-order chi connectivity index (χ0) is 7.84. The summed E-state index contributed by atoms with van der Waals surface area (Å²) >= 11 is 0. The van der Waals surface area contributed by atoms with Gasteiger partial charge in [-0.15, -0.1) is 0 Å². The lowest BCUT2D eigenvalue weighted by atomic mass is 10.3.